The van der Waals surface area contributed by atoms with E-state index in [9.17, 15) is 9.90 Å². The molecule has 0 saturated heterocycles. The third-order valence-corrected chi connectivity index (χ3v) is 3.49. The Morgan fingerprint density at radius 2 is 2.10 bits per heavy atom. The lowest BCUT2D eigenvalue weighted by Gasteiger charge is -2.12. The summed E-state index contributed by atoms with van der Waals surface area (Å²) in [5, 5.41) is 13.4. The zero-order valence-corrected chi connectivity index (χ0v) is 12.6. The fraction of sp³-hybridized carbons (Fsp3) is 0.188. The largest absolute Gasteiger partial charge is 0.506 e. The fourth-order valence-electron chi connectivity index (χ4n) is 2.00. The van der Waals surface area contributed by atoms with Crippen LogP contribution in [-0.4, -0.2) is 18.2 Å². The predicted molar refractivity (Wildman–Crippen MR) is 83.0 cm³/mol. The number of phenols is 1. The lowest BCUT2D eigenvalue weighted by Crippen LogP contribution is -2.05. The Morgan fingerprint density at radius 3 is 2.76 bits per heavy atom. The Kier molecular flexibility index (Phi) is 4.70. The second-order valence-electron chi connectivity index (χ2n) is 4.62. The maximum atomic E-state index is 11.4. The van der Waals surface area contributed by atoms with Crippen molar-refractivity contribution in [1.29, 1.82) is 0 Å². The molecule has 0 unspecified atom stereocenters. The van der Waals surface area contributed by atoms with Crippen LogP contribution >= 0.6 is 11.6 Å². The number of phenolic OH excluding ortho intramolecular Hbond substituents is 1. The Balaban J connectivity index is 2.13. The van der Waals surface area contributed by atoms with Crippen molar-refractivity contribution in [3.05, 3.63) is 58.1 Å². The van der Waals surface area contributed by atoms with Gasteiger partial charge in [-0.1, -0.05) is 23.7 Å². The fourth-order valence-corrected chi connectivity index (χ4v) is 2.19. The number of methoxy groups -OCH3 is 1. The number of ether oxygens (including phenoxy) is 1. The number of halogens is 1. The van der Waals surface area contributed by atoms with Gasteiger partial charge < -0.3 is 15.2 Å². The predicted octanol–water partition coefficient (Wildman–Crippen LogP) is 3.75. The van der Waals surface area contributed by atoms with Crippen molar-refractivity contribution in [3.63, 3.8) is 0 Å². The standard InChI is InChI=1S/C16H16ClNO3/c1-10-8-11(16(20)21-2)6-7-14(10)18-9-12-4-3-5-13(17)15(12)19/h3-8,18-19H,9H2,1-2H3. The third-order valence-electron chi connectivity index (χ3n) is 3.19. The molecule has 0 spiro atoms. The van der Waals surface area contributed by atoms with Gasteiger partial charge >= 0.3 is 5.97 Å². The number of aryl methyl sites for hydroxylation is 1. The van der Waals surface area contributed by atoms with Crippen molar-refractivity contribution in [2.24, 2.45) is 0 Å². The number of rotatable bonds is 4. The van der Waals surface area contributed by atoms with Gasteiger partial charge in [-0.3, -0.25) is 0 Å². The van der Waals surface area contributed by atoms with Crippen molar-refractivity contribution in [1.82, 2.24) is 0 Å². The van der Waals surface area contributed by atoms with Gasteiger partial charge in [-0.05, 0) is 36.8 Å². The van der Waals surface area contributed by atoms with E-state index in [2.05, 4.69) is 10.1 Å². The number of aromatic hydroxyl groups is 1. The van der Waals surface area contributed by atoms with E-state index in [4.69, 9.17) is 11.6 Å². The van der Waals surface area contributed by atoms with E-state index in [0.717, 1.165) is 11.3 Å². The molecule has 5 heteroatoms. The molecule has 21 heavy (non-hydrogen) atoms. The van der Waals surface area contributed by atoms with Crippen LogP contribution in [0.2, 0.25) is 5.02 Å². The Hall–Kier alpha value is -2.20. The Morgan fingerprint density at radius 1 is 1.33 bits per heavy atom. The molecule has 0 heterocycles. The van der Waals surface area contributed by atoms with E-state index in [1.54, 1.807) is 30.3 Å². The van der Waals surface area contributed by atoms with Gasteiger partial charge in [0.15, 0.2) is 0 Å². The third kappa shape index (κ3) is 3.47. The number of anilines is 1. The van der Waals surface area contributed by atoms with Crippen molar-refractivity contribution >= 4 is 23.3 Å². The van der Waals surface area contributed by atoms with Crippen molar-refractivity contribution in [2.75, 3.05) is 12.4 Å². The van der Waals surface area contributed by atoms with E-state index in [0.29, 0.717) is 22.7 Å². The van der Waals surface area contributed by atoms with Gasteiger partial charge in [0.05, 0.1) is 17.7 Å². The lowest BCUT2D eigenvalue weighted by molar-refractivity contribution is 0.0600. The second kappa shape index (κ2) is 6.50. The van der Waals surface area contributed by atoms with E-state index in [-0.39, 0.29) is 11.7 Å². The first kappa shape index (κ1) is 15.2. The van der Waals surface area contributed by atoms with Crippen LogP contribution in [0.3, 0.4) is 0 Å². The average Bonchev–Trinajstić information content (AvgIpc) is 2.49. The summed E-state index contributed by atoms with van der Waals surface area (Å²) in [6.07, 6.45) is 0. The van der Waals surface area contributed by atoms with Crippen molar-refractivity contribution in [2.45, 2.75) is 13.5 Å². The number of hydrogen-bond donors (Lipinski definition) is 2. The van der Waals surface area contributed by atoms with Gasteiger partial charge in [-0.2, -0.15) is 0 Å². The molecule has 2 N–H and O–H groups in total. The summed E-state index contributed by atoms with van der Waals surface area (Å²) >= 11 is 5.87. The van der Waals surface area contributed by atoms with Crippen LogP contribution < -0.4 is 5.32 Å². The highest BCUT2D eigenvalue weighted by Crippen LogP contribution is 2.28. The van der Waals surface area contributed by atoms with Crippen LogP contribution in [0.25, 0.3) is 0 Å². The first-order chi connectivity index (χ1) is 10.0. The molecule has 0 amide bonds. The molecule has 0 radical (unpaired) electrons. The molecule has 0 aliphatic heterocycles. The number of carbonyl (C=O) groups excluding carboxylic acids is 1. The number of para-hydroxylation sites is 1. The smallest absolute Gasteiger partial charge is 0.337 e. The SMILES string of the molecule is COC(=O)c1ccc(NCc2cccc(Cl)c2O)c(C)c1. The topological polar surface area (TPSA) is 58.6 Å². The van der Waals surface area contributed by atoms with Crippen LogP contribution in [0.15, 0.2) is 36.4 Å². The summed E-state index contributed by atoms with van der Waals surface area (Å²) in [4.78, 5) is 11.4. The number of carbonyl (C=O) groups is 1. The molecule has 0 bridgehead atoms. The van der Waals surface area contributed by atoms with Gasteiger partial charge in [0, 0.05) is 17.8 Å². The highest BCUT2D eigenvalue weighted by molar-refractivity contribution is 6.32. The van der Waals surface area contributed by atoms with E-state index >= 15 is 0 Å². The maximum absolute atomic E-state index is 11.4. The highest BCUT2D eigenvalue weighted by atomic mass is 35.5. The summed E-state index contributed by atoms with van der Waals surface area (Å²) in [6, 6.07) is 10.5. The molecule has 0 aromatic heterocycles. The maximum Gasteiger partial charge on any atom is 0.337 e. The van der Waals surface area contributed by atoms with Gasteiger partial charge in [-0.25, -0.2) is 4.79 Å². The molecular weight excluding hydrogens is 290 g/mol. The number of hydrogen-bond acceptors (Lipinski definition) is 4. The van der Waals surface area contributed by atoms with Crippen LogP contribution in [0, 0.1) is 6.92 Å². The molecule has 2 rings (SSSR count). The average molecular weight is 306 g/mol. The minimum absolute atomic E-state index is 0.0792. The summed E-state index contributed by atoms with van der Waals surface area (Å²) in [7, 11) is 1.35. The van der Waals surface area contributed by atoms with Gasteiger partial charge in [0.2, 0.25) is 0 Å². The minimum atomic E-state index is -0.364. The number of benzene rings is 2. The number of esters is 1. The molecule has 0 atom stereocenters. The molecule has 110 valence electrons. The lowest BCUT2D eigenvalue weighted by atomic mass is 10.1. The molecule has 0 saturated carbocycles. The van der Waals surface area contributed by atoms with Gasteiger partial charge in [0.1, 0.15) is 5.75 Å². The Bertz CT molecular complexity index is 671. The summed E-state index contributed by atoms with van der Waals surface area (Å²) in [6.45, 7) is 2.33. The summed E-state index contributed by atoms with van der Waals surface area (Å²) < 4.78 is 4.68. The zero-order chi connectivity index (χ0) is 15.4. The van der Waals surface area contributed by atoms with Crippen LogP contribution in [0.1, 0.15) is 21.5 Å². The summed E-state index contributed by atoms with van der Waals surface area (Å²) in [5.41, 5.74) is 3.01. The monoisotopic (exact) mass is 305 g/mol. The van der Waals surface area contributed by atoms with E-state index in [1.165, 1.54) is 7.11 Å². The highest BCUT2D eigenvalue weighted by Gasteiger charge is 2.09. The van der Waals surface area contributed by atoms with Crippen molar-refractivity contribution < 1.29 is 14.6 Å². The van der Waals surface area contributed by atoms with Gasteiger partial charge in [0.25, 0.3) is 0 Å². The number of nitrogens with one attached hydrogen (secondary N) is 1. The Labute approximate surface area is 128 Å². The molecule has 4 nitrogen and oxygen atoms in total. The molecule has 2 aromatic carbocycles. The van der Waals surface area contributed by atoms with Crippen LogP contribution in [-0.2, 0) is 11.3 Å². The molecule has 0 aliphatic carbocycles. The summed E-state index contributed by atoms with van der Waals surface area (Å²) in [5.74, 6) is -0.285. The molecular formula is C16H16ClNO3. The van der Waals surface area contributed by atoms with Crippen LogP contribution in [0.5, 0.6) is 5.75 Å². The van der Waals surface area contributed by atoms with E-state index < -0.39 is 0 Å². The minimum Gasteiger partial charge on any atom is -0.506 e. The van der Waals surface area contributed by atoms with Crippen molar-refractivity contribution in [3.8, 4) is 5.75 Å². The zero-order valence-electron chi connectivity index (χ0n) is 11.8. The quantitative estimate of drug-likeness (QED) is 0.845. The van der Waals surface area contributed by atoms with E-state index in [1.807, 2.05) is 13.0 Å². The first-order valence-corrected chi connectivity index (χ1v) is 6.80. The second-order valence-corrected chi connectivity index (χ2v) is 5.03. The molecule has 2 aromatic rings. The molecule has 0 fully saturated rings. The van der Waals surface area contributed by atoms with Crippen LogP contribution in [0.4, 0.5) is 5.69 Å². The first-order valence-electron chi connectivity index (χ1n) is 6.42. The normalized spacial score (nSPS) is 10.2. The van der Waals surface area contributed by atoms with Gasteiger partial charge in [-0.15, -0.1) is 0 Å². The molecule has 0 aliphatic rings.